The third kappa shape index (κ3) is 10.4. The number of nitrogens with one attached hydrogen (secondary N) is 1. The van der Waals surface area contributed by atoms with Crippen LogP contribution in [0, 0.1) is 0 Å². The summed E-state index contributed by atoms with van der Waals surface area (Å²) in [6.45, 7) is 0. The second-order valence-corrected chi connectivity index (χ2v) is 35.9. The van der Waals surface area contributed by atoms with Crippen LogP contribution in [0.15, 0.2) is 458 Å². The monoisotopic (exact) mass is 1720 g/mol. The molecular formula is C124H75ClN2O6. The zero-order valence-electron chi connectivity index (χ0n) is 71.5. The lowest BCUT2D eigenvalue weighted by atomic mass is 9.66. The van der Waals surface area contributed by atoms with E-state index in [0.29, 0.717) is 0 Å². The molecule has 0 atom stereocenters. The number of hydrogen-bond acceptors (Lipinski definition) is 8. The summed E-state index contributed by atoms with van der Waals surface area (Å²) in [5, 5.41) is 8.75. The van der Waals surface area contributed by atoms with Crippen LogP contribution in [0.5, 0.6) is 46.0 Å². The van der Waals surface area contributed by atoms with E-state index in [2.05, 4.69) is 411 Å². The lowest BCUT2D eigenvalue weighted by Gasteiger charge is -2.41. The number of anilines is 5. The minimum atomic E-state index is -0.637. The van der Waals surface area contributed by atoms with Gasteiger partial charge in [-0.1, -0.05) is 327 Å². The highest BCUT2D eigenvalue weighted by molar-refractivity contribution is 6.30. The number of nitrogens with zero attached hydrogens (tertiary/aromatic N) is 1. The van der Waals surface area contributed by atoms with Crippen molar-refractivity contribution in [2.24, 2.45) is 0 Å². The van der Waals surface area contributed by atoms with E-state index in [9.17, 15) is 0 Å². The van der Waals surface area contributed by atoms with Crippen LogP contribution >= 0.6 is 11.6 Å². The number of rotatable bonds is 5. The predicted octanol–water partition coefficient (Wildman–Crippen LogP) is 32.6. The molecule has 0 bridgehead atoms. The Kier molecular flexibility index (Phi) is 16.1. The molecule has 133 heavy (non-hydrogen) atoms. The average Bonchev–Trinajstić information content (AvgIpc) is 1.55. The van der Waals surface area contributed by atoms with E-state index in [1.807, 2.05) is 48.5 Å². The first-order chi connectivity index (χ1) is 65.8. The normalized spacial score (nSPS) is 14.4. The van der Waals surface area contributed by atoms with Gasteiger partial charge in [0.05, 0.1) is 43.8 Å². The van der Waals surface area contributed by atoms with Crippen molar-refractivity contribution in [3.8, 4) is 90.5 Å². The van der Waals surface area contributed by atoms with Gasteiger partial charge in [-0.3, -0.25) is 0 Å². The number of hydrogen-bond donors (Lipinski definition) is 1. The lowest BCUT2D eigenvalue weighted by Crippen LogP contribution is -2.32. The van der Waals surface area contributed by atoms with Gasteiger partial charge in [0, 0.05) is 77.4 Å². The maximum Gasteiger partial charge on any atom is 0.137 e. The molecular weight excluding hydrogens is 1650 g/mol. The average molecular weight is 1720 g/mol. The Balaban J connectivity index is 0.000000111. The van der Waals surface area contributed by atoms with Crippen LogP contribution in [0.2, 0.25) is 5.02 Å². The van der Waals surface area contributed by atoms with E-state index >= 15 is 0 Å². The molecule has 20 aromatic carbocycles. The summed E-state index contributed by atoms with van der Waals surface area (Å²) < 4.78 is 39.5. The number of furan rings is 2. The zero-order valence-corrected chi connectivity index (χ0v) is 72.3. The third-order valence-electron chi connectivity index (χ3n) is 29.1. The Labute approximate surface area is 771 Å². The Morgan fingerprint density at radius 3 is 0.850 bits per heavy atom. The largest absolute Gasteiger partial charge is 0.457 e. The topological polar surface area (TPSA) is 78.5 Å². The Bertz CT molecular complexity index is 8350. The summed E-state index contributed by atoms with van der Waals surface area (Å²) in [7, 11) is 0. The summed E-state index contributed by atoms with van der Waals surface area (Å²) in [6, 6.07) is 160. The van der Waals surface area contributed by atoms with Crippen molar-refractivity contribution >= 4 is 83.9 Å². The number of benzene rings is 20. The van der Waals surface area contributed by atoms with Crippen molar-refractivity contribution < 1.29 is 27.8 Å². The number of ether oxygens (including phenoxy) is 4. The van der Waals surface area contributed by atoms with Gasteiger partial charge < -0.3 is 38.0 Å². The molecule has 6 heterocycles. The quantitative estimate of drug-likeness (QED) is 0.183. The highest BCUT2D eigenvalue weighted by atomic mass is 35.5. The van der Waals surface area contributed by atoms with Crippen molar-refractivity contribution in [3.63, 3.8) is 0 Å². The molecule has 4 aliphatic heterocycles. The van der Waals surface area contributed by atoms with E-state index in [4.69, 9.17) is 39.4 Å². The minimum Gasteiger partial charge on any atom is -0.457 e. The van der Waals surface area contributed by atoms with Gasteiger partial charge in [-0.2, -0.15) is 0 Å². The Morgan fingerprint density at radius 1 is 0.203 bits per heavy atom. The highest BCUT2D eigenvalue weighted by Crippen LogP contribution is 2.69. The standard InChI is InChI=1S/C62H37NO3.C37H23NO2.C25H15ClO/c1-6-21-45-40(16-1)41-17-2-7-22-46(41)61(45)49-25-10-13-29-55(49)65-57-34-32-38(36-51(57)61)63(53-27-15-31-59-60(53)44-20-5-12-28-54(44)64-59)39-33-35-58-52(37-39)62(50-26-11-14-30-56(50)66-58)47-23-8-3-18-42(47)43-19-4-9-24-48(43)62;1-4-13-27-24(10-1)25-11-2-5-14-28(25)37(27)29-15-6-8-18-33(29)40-34-21-20-23(22-30(34)37)38-31-16-9-19-35-36(31)26-12-3-7-17-32(26)39-35;26-16-13-14-24-22(15-16)25(21-11-5-6-12-23(21)27-24)19-9-3-1-7-17(19)18-8-2-4-10-20(18)25/h1-37H;1-22,38H;1-15H. The van der Waals surface area contributed by atoms with Crippen LogP contribution in [-0.2, 0) is 21.7 Å². The van der Waals surface area contributed by atoms with Crippen LogP contribution in [0.1, 0.15) is 89.0 Å². The van der Waals surface area contributed by atoms with Gasteiger partial charge in [0.1, 0.15) is 68.3 Å². The van der Waals surface area contributed by atoms with Crippen molar-refractivity contribution in [2.75, 3.05) is 10.2 Å². The van der Waals surface area contributed by atoms with Gasteiger partial charge in [-0.15, -0.1) is 0 Å². The van der Waals surface area contributed by atoms with Gasteiger partial charge in [-0.25, -0.2) is 0 Å². The molecule has 0 saturated heterocycles. The molecule has 0 saturated carbocycles. The summed E-state index contributed by atoms with van der Waals surface area (Å²) in [5.41, 5.74) is 35.5. The van der Waals surface area contributed by atoms with Crippen molar-refractivity contribution in [2.45, 2.75) is 21.7 Å². The number of para-hydroxylation sites is 6. The maximum absolute atomic E-state index is 6.94. The predicted molar refractivity (Wildman–Crippen MR) is 533 cm³/mol. The zero-order chi connectivity index (χ0) is 87.4. The van der Waals surface area contributed by atoms with E-state index in [1.165, 1.54) is 94.6 Å². The maximum atomic E-state index is 6.94. The molecule has 0 unspecified atom stereocenters. The van der Waals surface area contributed by atoms with Gasteiger partial charge >= 0.3 is 0 Å². The molecule has 8 nitrogen and oxygen atoms in total. The fourth-order valence-corrected chi connectivity index (χ4v) is 24.3. The summed E-state index contributed by atoms with van der Waals surface area (Å²) in [6.07, 6.45) is 0. The van der Waals surface area contributed by atoms with E-state index < -0.39 is 21.7 Å². The number of fused-ring (bicyclic) bond motifs is 42. The van der Waals surface area contributed by atoms with Gasteiger partial charge in [0.2, 0.25) is 0 Å². The van der Waals surface area contributed by atoms with E-state index in [0.717, 1.165) is 162 Å². The number of halogens is 1. The van der Waals surface area contributed by atoms with Gasteiger partial charge in [0.15, 0.2) is 0 Å². The van der Waals surface area contributed by atoms with E-state index in [-0.39, 0.29) is 0 Å². The van der Waals surface area contributed by atoms with Crippen LogP contribution in [0.25, 0.3) is 88.4 Å². The molecule has 0 fully saturated rings. The second-order valence-electron chi connectivity index (χ2n) is 35.5. The summed E-state index contributed by atoms with van der Waals surface area (Å²) in [4.78, 5) is 2.42. The first-order valence-electron chi connectivity index (χ1n) is 45.3. The fraction of sp³-hybridized carbons (Fsp3) is 0.0323. The van der Waals surface area contributed by atoms with Crippen LogP contribution in [0.4, 0.5) is 28.4 Å². The van der Waals surface area contributed by atoms with Gasteiger partial charge in [-0.05, 0) is 222 Å². The fourth-order valence-electron chi connectivity index (χ4n) is 24.1. The summed E-state index contributed by atoms with van der Waals surface area (Å²) >= 11 is 6.46. The molecule has 0 amide bonds. The van der Waals surface area contributed by atoms with Crippen molar-refractivity contribution in [1.29, 1.82) is 0 Å². The molecule has 4 aliphatic carbocycles. The van der Waals surface area contributed by atoms with Crippen molar-refractivity contribution in [3.05, 3.63) is 543 Å². The first-order valence-corrected chi connectivity index (χ1v) is 45.7. The Morgan fingerprint density at radius 2 is 0.474 bits per heavy atom. The molecule has 1 N–H and O–H groups in total. The summed E-state index contributed by atoms with van der Waals surface area (Å²) in [5.74, 6) is 6.96. The highest BCUT2D eigenvalue weighted by Gasteiger charge is 2.56. The third-order valence-corrected chi connectivity index (χ3v) is 29.4. The van der Waals surface area contributed by atoms with Crippen LogP contribution in [0.3, 0.4) is 0 Å². The molecule has 9 heteroatoms. The minimum absolute atomic E-state index is 0.414. The molecule has 624 valence electrons. The van der Waals surface area contributed by atoms with E-state index in [1.54, 1.807) is 0 Å². The molecule has 8 aliphatic rings. The van der Waals surface area contributed by atoms with Gasteiger partial charge in [0.25, 0.3) is 0 Å². The second kappa shape index (κ2) is 28.5. The molecule has 2 aromatic heterocycles. The molecule has 0 radical (unpaired) electrons. The Hall–Kier alpha value is -16.9. The van der Waals surface area contributed by atoms with Crippen LogP contribution in [-0.4, -0.2) is 0 Å². The van der Waals surface area contributed by atoms with Crippen LogP contribution < -0.4 is 29.2 Å². The molecule has 30 rings (SSSR count). The smallest absolute Gasteiger partial charge is 0.137 e. The SMILES string of the molecule is Clc1ccc2c(c1)C1(c3ccccc3O2)c2ccccc2-c2ccccc21.c1ccc2c(c1)Oc1ccc(N(c3ccc4c(c3)C3(c5ccccc5O4)c4ccccc4-c4ccccc43)c3cccc4oc5ccccc5c34)cc1C21c2ccccc2-c2ccccc21.c1ccc2c(c1)Oc1ccc(Nc3cccc4oc5ccccc5c34)cc1C21c2ccccc2-c2ccccc21. The lowest BCUT2D eigenvalue weighted by molar-refractivity contribution is 0.436. The van der Waals surface area contributed by atoms with Crippen molar-refractivity contribution in [1.82, 2.24) is 0 Å². The molecule has 22 aromatic rings. The molecule has 4 spiro atoms. The first kappa shape index (κ1) is 75.1.